The summed E-state index contributed by atoms with van der Waals surface area (Å²) in [5, 5.41) is 8.43. The van der Waals surface area contributed by atoms with Crippen LogP contribution in [0, 0.1) is 12.3 Å². The molecule has 0 saturated carbocycles. The molecule has 1 aromatic heterocycles. The van der Waals surface area contributed by atoms with Crippen LogP contribution < -0.4 is 0 Å². The number of aromatic nitrogens is 1. The van der Waals surface area contributed by atoms with Crippen LogP contribution in [0.1, 0.15) is 16.1 Å². The van der Waals surface area contributed by atoms with Gasteiger partial charge in [0.15, 0.2) is 0 Å². The van der Waals surface area contributed by atoms with Gasteiger partial charge >= 0.3 is 5.97 Å². The van der Waals surface area contributed by atoms with E-state index in [0.29, 0.717) is 5.56 Å². The first kappa shape index (κ1) is 7.29. The zero-order valence-electron chi connectivity index (χ0n) is 5.61. The number of aromatic carboxylic acids is 1. The molecule has 1 N–H and O–H groups in total. The number of hydrogen-bond acceptors (Lipinski definition) is 2. The maximum atomic E-state index is 10.3. The van der Waals surface area contributed by atoms with E-state index >= 15 is 0 Å². The number of terminal acetylenes is 1. The molecule has 1 aromatic rings. The molecule has 0 aromatic carbocycles. The highest BCUT2D eigenvalue weighted by Crippen LogP contribution is 1.97. The summed E-state index contributed by atoms with van der Waals surface area (Å²) in [7, 11) is 0. The molecule has 0 fully saturated rings. The summed E-state index contributed by atoms with van der Waals surface area (Å²) in [6.45, 7) is 0. The van der Waals surface area contributed by atoms with E-state index in [1.165, 1.54) is 18.3 Å². The third kappa shape index (κ3) is 1.55. The molecule has 1 heterocycles. The molecule has 3 heteroatoms. The predicted molar refractivity (Wildman–Crippen MR) is 39.1 cm³/mol. The van der Waals surface area contributed by atoms with Crippen LogP contribution in [-0.4, -0.2) is 16.1 Å². The van der Waals surface area contributed by atoms with Gasteiger partial charge in [0.2, 0.25) is 0 Å². The Morgan fingerprint density at radius 1 is 1.64 bits per heavy atom. The van der Waals surface area contributed by atoms with Crippen molar-refractivity contribution in [2.45, 2.75) is 0 Å². The topological polar surface area (TPSA) is 50.2 Å². The Balaban J connectivity index is 3.03. The third-order valence-electron chi connectivity index (χ3n) is 1.15. The lowest BCUT2D eigenvalue weighted by Gasteiger charge is -1.91. The zero-order chi connectivity index (χ0) is 8.27. The van der Waals surface area contributed by atoms with Gasteiger partial charge in [-0.05, 0) is 12.1 Å². The fourth-order valence-corrected chi connectivity index (χ4v) is 0.606. The molecule has 0 atom stereocenters. The standard InChI is InChI=1S/C8H5NO2/c1-2-6-3-4-7(8(10)11)9-5-6/h1,3-5H,(H,10,11). The number of rotatable bonds is 1. The molecule has 0 aliphatic heterocycles. The van der Waals surface area contributed by atoms with E-state index < -0.39 is 5.97 Å². The van der Waals surface area contributed by atoms with Crippen LogP contribution in [0.15, 0.2) is 18.3 Å². The Bertz CT molecular complexity index is 308. The lowest BCUT2D eigenvalue weighted by molar-refractivity contribution is 0.0690. The van der Waals surface area contributed by atoms with Crippen LogP contribution >= 0.6 is 0 Å². The van der Waals surface area contributed by atoms with Crippen molar-refractivity contribution in [3.8, 4) is 12.3 Å². The summed E-state index contributed by atoms with van der Waals surface area (Å²) >= 11 is 0. The molecular weight excluding hydrogens is 142 g/mol. The minimum atomic E-state index is -1.05. The van der Waals surface area contributed by atoms with Gasteiger partial charge in [0.25, 0.3) is 0 Å². The molecule has 0 bridgehead atoms. The van der Waals surface area contributed by atoms with Crippen molar-refractivity contribution in [2.24, 2.45) is 0 Å². The quantitative estimate of drug-likeness (QED) is 0.596. The Morgan fingerprint density at radius 3 is 2.73 bits per heavy atom. The third-order valence-corrected chi connectivity index (χ3v) is 1.15. The number of carboxylic acid groups (broad SMARTS) is 1. The van der Waals surface area contributed by atoms with E-state index in [1.54, 1.807) is 0 Å². The minimum absolute atomic E-state index is 0.00370. The van der Waals surface area contributed by atoms with Crippen molar-refractivity contribution in [1.29, 1.82) is 0 Å². The maximum Gasteiger partial charge on any atom is 0.354 e. The van der Waals surface area contributed by atoms with Gasteiger partial charge in [-0.2, -0.15) is 0 Å². The van der Waals surface area contributed by atoms with E-state index in [-0.39, 0.29) is 5.69 Å². The van der Waals surface area contributed by atoms with Crippen molar-refractivity contribution >= 4 is 5.97 Å². The van der Waals surface area contributed by atoms with Crippen molar-refractivity contribution in [3.05, 3.63) is 29.6 Å². The van der Waals surface area contributed by atoms with Gasteiger partial charge in [-0.25, -0.2) is 9.78 Å². The van der Waals surface area contributed by atoms with Gasteiger partial charge in [-0.3, -0.25) is 0 Å². The fourth-order valence-electron chi connectivity index (χ4n) is 0.606. The van der Waals surface area contributed by atoms with Crippen LogP contribution in [0.4, 0.5) is 0 Å². The number of carboxylic acids is 1. The van der Waals surface area contributed by atoms with Crippen LogP contribution in [0.5, 0.6) is 0 Å². The Labute approximate surface area is 63.7 Å². The van der Waals surface area contributed by atoms with Crippen LogP contribution in [0.2, 0.25) is 0 Å². The normalized spacial score (nSPS) is 8.64. The summed E-state index contributed by atoms with van der Waals surface area (Å²) in [5.74, 6) is 1.29. The molecular formula is C8H5NO2. The van der Waals surface area contributed by atoms with Gasteiger partial charge in [0.05, 0.1) is 0 Å². The van der Waals surface area contributed by atoms with E-state index in [4.69, 9.17) is 11.5 Å². The SMILES string of the molecule is C#Cc1ccc(C(=O)O)nc1. The Morgan fingerprint density at radius 2 is 2.36 bits per heavy atom. The predicted octanol–water partition coefficient (Wildman–Crippen LogP) is 0.761. The first-order valence-corrected chi connectivity index (χ1v) is 2.90. The zero-order valence-corrected chi connectivity index (χ0v) is 5.61. The molecule has 1 rings (SSSR count). The van der Waals surface area contributed by atoms with Crippen LogP contribution in [-0.2, 0) is 0 Å². The van der Waals surface area contributed by atoms with E-state index in [1.807, 2.05) is 0 Å². The second-order valence-corrected chi connectivity index (χ2v) is 1.88. The molecule has 0 aliphatic carbocycles. The first-order valence-electron chi connectivity index (χ1n) is 2.90. The number of nitrogens with zero attached hydrogens (tertiary/aromatic N) is 1. The maximum absolute atomic E-state index is 10.3. The highest BCUT2D eigenvalue weighted by molar-refractivity contribution is 5.85. The molecule has 0 radical (unpaired) electrons. The highest BCUT2D eigenvalue weighted by Gasteiger charge is 2.01. The van der Waals surface area contributed by atoms with Crippen molar-refractivity contribution in [2.75, 3.05) is 0 Å². The summed E-state index contributed by atoms with van der Waals surface area (Å²) in [6, 6.07) is 2.91. The lowest BCUT2D eigenvalue weighted by Crippen LogP contribution is -1.98. The number of carbonyl (C=O) groups is 1. The van der Waals surface area contributed by atoms with E-state index in [0.717, 1.165) is 0 Å². The minimum Gasteiger partial charge on any atom is -0.477 e. The molecule has 54 valence electrons. The van der Waals surface area contributed by atoms with Gasteiger partial charge < -0.3 is 5.11 Å². The van der Waals surface area contributed by atoms with E-state index in [9.17, 15) is 4.79 Å². The second-order valence-electron chi connectivity index (χ2n) is 1.88. The Hall–Kier alpha value is -1.82. The summed E-state index contributed by atoms with van der Waals surface area (Å²) in [4.78, 5) is 13.9. The molecule has 0 unspecified atom stereocenters. The molecule has 0 spiro atoms. The first-order chi connectivity index (χ1) is 5.24. The fraction of sp³-hybridized carbons (Fsp3) is 0. The van der Waals surface area contributed by atoms with Crippen molar-refractivity contribution in [1.82, 2.24) is 4.98 Å². The van der Waals surface area contributed by atoms with E-state index in [2.05, 4.69) is 10.9 Å². The Kier molecular flexibility index (Phi) is 1.88. The van der Waals surface area contributed by atoms with Gasteiger partial charge in [0.1, 0.15) is 5.69 Å². The molecule has 0 saturated heterocycles. The summed E-state index contributed by atoms with van der Waals surface area (Å²) < 4.78 is 0. The van der Waals surface area contributed by atoms with Crippen molar-refractivity contribution in [3.63, 3.8) is 0 Å². The van der Waals surface area contributed by atoms with Crippen LogP contribution in [0.25, 0.3) is 0 Å². The molecule has 0 aliphatic rings. The summed E-state index contributed by atoms with van der Waals surface area (Å²) in [5.41, 5.74) is 0.582. The average molecular weight is 147 g/mol. The second kappa shape index (κ2) is 2.84. The number of hydrogen-bond donors (Lipinski definition) is 1. The van der Waals surface area contributed by atoms with Gasteiger partial charge in [0, 0.05) is 11.8 Å². The summed E-state index contributed by atoms with van der Waals surface area (Å²) in [6.07, 6.45) is 6.39. The monoisotopic (exact) mass is 147 g/mol. The number of pyridine rings is 1. The highest BCUT2D eigenvalue weighted by atomic mass is 16.4. The van der Waals surface area contributed by atoms with Gasteiger partial charge in [-0.1, -0.05) is 5.92 Å². The van der Waals surface area contributed by atoms with Crippen LogP contribution in [0.3, 0.4) is 0 Å². The lowest BCUT2D eigenvalue weighted by atomic mass is 10.2. The molecule has 11 heavy (non-hydrogen) atoms. The molecule has 3 nitrogen and oxygen atoms in total. The smallest absolute Gasteiger partial charge is 0.354 e. The largest absolute Gasteiger partial charge is 0.477 e. The average Bonchev–Trinajstić information content (AvgIpc) is 2.05. The molecule has 0 amide bonds. The van der Waals surface area contributed by atoms with Gasteiger partial charge in [-0.15, -0.1) is 6.42 Å². The van der Waals surface area contributed by atoms with Crippen molar-refractivity contribution < 1.29 is 9.90 Å².